The van der Waals surface area contributed by atoms with Crippen molar-refractivity contribution in [2.24, 2.45) is 12.8 Å². The summed E-state index contributed by atoms with van der Waals surface area (Å²) in [5, 5.41) is 7.85. The molecule has 10 heteroatoms. The number of nitrogen functional groups attached to an aromatic ring is 1. The number of thiazole rings is 1. The smallest absolute Gasteiger partial charge is 0.277 e. The van der Waals surface area contributed by atoms with Gasteiger partial charge in [-0.1, -0.05) is 37.3 Å². The van der Waals surface area contributed by atoms with Gasteiger partial charge >= 0.3 is 0 Å². The highest BCUT2D eigenvalue weighted by atomic mass is 32.1. The van der Waals surface area contributed by atoms with Gasteiger partial charge in [0.25, 0.3) is 5.91 Å². The monoisotopic (exact) mass is 471 g/mol. The van der Waals surface area contributed by atoms with Crippen molar-refractivity contribution in [2.75, 3.05) is 29.0 Å². The molecule has 5 N–H and O–H groups in total. The lowest BCUT2D eigenvalue weighted by atomic mass is 10.00. The van der Waals surface area contributed by atoms with Gasteiger partial charge in [-0.05, 0) is 36.8 Å². The van der Waals surface area contributed by atoms with Gasteiger partial charge in [0.15, 0.2) is 11.5 Å². The van der Waals surface area contributed by atoms with E-state index in [1.807, 2.05) is 20.9 Å². The van der Waals surface area contributed by atoms with Crippen LogP contribution in [0.5, 0.6) is 0 Å². The minimum Gasteiger partial charge on any atom is -0.389 e. The molecule has 1 aromatic carbocycles. The molecule has 1 atom stereocenters. The minimum absolute atomic E-state index is 0.0302. The van der Waals surface area contributed by atoms with E-state index >= 15 is 4.39 Å². The van der Waals surface area contributed by atoms with E-state index in [1.54, 1.807) is 29.1 Å². The van der Waals surface area contributed by atoms with Gasteiger partial charge in [0.1, 0.15) is 21.5 Å². The van der Waals surface area contributed by atoms with E-state index in [1.165, 1.54) is 0 Å². The lowest BCUT2D eigenvalue weighted by Gasteiger charge is -2.24. The van der Waals surface area contributed by atoms with Gasteiger partial charge in [-0.2, -0.15) is 5.10 Å². The number of anilines is 3. The summed E-state index contributed by atoms with van der Waals surface area (Å²) in [4.78, 5) is 19.7. The van der Waals surface area contributed by atoms with Crippen molar-refractivity contribution < 1.29 is 9.18 Å². The second-order valence-corrected chi connectivity index (χ2v) is 9.76. The fourth-order valence-electron chi connectivity index (χ4n) is 4.18. The summed E-state index contributed by atoms with van der Waals surface area (Å²) in [5.41, 5.74) is 13.9. The molecule has 2 aromatic heterocycles. The van der Waals surface area contributed by atoms with E-state index in [9.17, 15) is 4.79 Å². The summed E-state index contributed by atoms with van der Waals surface area (Å²) in [6.07, 6.45) is 4.45. The highest BCUT2D eigenvalue weighted by Crippen LogP contribution is 2.35. The number of nitrogens with one attached hydrogen (secondary N) is 1. The predicted molar refractivity (Wildman–Crippen MR) is 131 cm³/mol. The molecule has 4 rings (SSSR count). The van der Waals surface area contributed by atoms with E-state index in [4.69, 9.17) is 11.5 Å². The van der Waals surface area contributed by atoms with Gasteiger partial charge in [-0.15, -0.1) is 0 Å². The van der Waals surface area contributed by atoms with E-state index in [2.05, 4.69) is 20.3 Å². The van der Waals surface area contributed by atoms with E-state index in [0.717, 1.165) is 49.5 Å². The Morgan fingerprint density at radius 2 is 2.09 bits per heavy atom. The Morgan fingerprint density at radius 3 is 2.85 bits per heavy atom. The second-order valence-electron chi connectivity index (χ2n) is 8.73. The highest BCUT2D eigenvalue weighted by Gasteiger charge is 2.24. The molecule has 0 saturated carbocycles. The molecule has 1 aliphatic heterocycles. The summed E-state index contributed by atoms with van der Waals surface area (Å²) in [7, 11) is 1.84. The molecule has 3 aromatic rings. The first kappa shape index (κ1) is 23.2. The third kappa shape index (κ3) is 4.72. The molecular weight excluding hydrogens is 441 g/mol. The van der Waals surface area contributed by atoms with Crippen LogP contribution in [0.4, 0.5) is 20.9 Å². The maximum absolute atomic E-state index is 15.0. The van der Waals surface area contributed by atoms with Crippen LogP contribution in [0.25, 0.3) is 10.6 Å². The first-order valence-electron chi connectivity index (χ1n) is 11.1. The van der Waals surface area contributed by atoms with Crippen molar-refractivity contribution in [3.05, 3.63) is 41.5 Å². The molecule has 1 saturated heterocycles. The lowest BCUT2D eigenvalue weighted by molar-refractivity contribution is 0.102. The number of rotatable bonds is 5. The molecule has 8 nitrogen and oxygen atoms in total. The quantitative estimate of drug-likeness (QED) is 0.519. The molecule has 1 fully saturated rings. The Balaban J connectivity index is 1.59. The number of hydrogen-bond donors (Lipinski definition) is 3. The number of nitrogens with two attached hydrogens (primary N) is 2. The highest BCUT2D eigenvalue weighted by molar-refractivity contribution is 7.19. The average Bonchev–Trinajstić information content (AvgIpc) is 3.25. The predicted octanol–water partition coefficient (Wildman–Crippen LogP) is 3.96. The van der Waals surface area contributed by atoms with Gasteiger partial charge in [-0.3, -0.25) is 9.48 Å². The Bertz CT molecular complexity index is 1160. The molecule has 1 aliphatic rings. The number of halogens is 1. The number of hydrogen-bond acceptors (Lipinski definition) is 7. The van der Waals surface area contributed by atoms with Crippen LogP contribution in [0.15, 0.2) is 24.4 Å². The largest absolute Gasteiger partial charge is 0.389 e. The summed E-state index contributed by atoms with van der Waals surface area (Å²) in [6.45, 7) is 5.49. The third-order valence-electron chi connectivity index (χ3n) is 5.98. The number of aromatic nitrogens is 3. The topological polar surface area (TPSA) is 115 Å². The van der Waals surface area contributed by atoms with E-state index in [-0.39, 0.29) is 28.5 Å². The van der Waals surface area contributed by atoms with Gasteiger partial charge in [-0.25, -0.2) is 9.37 Å². The minimum atomic E-state index is -0.448. The van der Waals surface area contributed by atoms with Crippen molar-refractivity contribution in [1.29, 1.82) is 0 Å². The van der Waals surface area contributed by atoms with E-state index in [0.29, 0.717) is 21.8 Å². The van der Waals surface area contributed by atoms with Crippen molar-refractivity contribution in [2.45, 2.75) is 45.1 Å². The third-order valence-corrected chi connectivity index (χ3v) is 6.90. The Morgan fingerprint density at radius 1 is 1.30 bits per heavy atom. The summed E-state index contributed by atoms with van der Waals surface area (Å²) in [6, 6.07) is 5.39. The maximum Gasteiger partial charge on any atom is 0.277 e. The summed E-state index contributed by atoms with van der Waals surface area (Å²) >= 11 is 1.10. The molecule has 0 bridgehead atoms. The van der Waals surface area contributed by atoms with Crippen LogP contribution in [0.1, 0.15) is 55.1 Å². The number of nitrogens with zero attached hydrogens (tertiary/aromatic N) is 4. The molecule has 33 heavy (non-hydrogen) atoms. The Labute approximate surface area is 196 Å². The maximum atomic E-state index is 15.0. The Hall–Kier alpha value is -2.98. The van der Waals surface area contributed by atoms with Crippen LogP contribution in [0.3, 0.4) is 0 Å². The van der Waals surface area contributed by atoms with Gasteiger partial charge in [0.05, 0.1) is 6.20 Å². The SMILES string of the molecule is CC(C)c1cccc(-c2nc(C(=O)Nc3cnn(C)c3N3CCCC(N)CC3)c(N)s2)c1F. The van der Waals surface area contributed by atoms with Gasteiger partial charge in [0.2, 0.25) is 0 Å². The standard InChI is InChI=1S/C23H30FN7OS/c1-13(2)15-7-4-8-16(18(15)24)22-29-19(20(26)33-22)21(32)28-17-12-27-30(3)23(17)31-10-5-6-14(25)9-11-31/h4,7-8,12-14H,5-6,9-11,25-26H2,1-3H3,(H,28,32). The second kappa shape index (κ2) is 9.48. The van der Waals surface area contributed by atoms with E-state index < -0.39 is 5.91 Å². The average molecular weight is 472 g/mol. The molecule has 0 spiro atoms. The zero-order valence-corrected chi connectivity index (χ0v) is 20.0. The number of benzene rings is 1. The van der Waals surface area contributed by atoms with Crippen molar-refractivity contribution in [3.63, 3.8) is 0 Å². The van der Waals surface area contributed by atoms with Gasteiger partial charge in [0, 0.05) is 31.7 Å². The zero-order chi connectivity index (χ0) is 23.7. The number of aryl methyl sites for hydroxylation is 1. The molecule has 3 heterocycles. The van der Waals surface area contributed by atoms with Crippen LogP contribution in [0, 0.1) is 5.82 Å². The first-order valence-corrected chi connectivity index (χ1v) is 12.0. The molecule has 0 radical (unpaired) electrons. The van der Waals surface area contributed by atoms with Crippen LogP contribution in [0.2, 0.25) is 0 Å². The molecule has 1 amide bonds. The summed E-state index contributed by atoms with van der Waals surface area (Å²) in [5.74, 6) is 0.0723. The van der Waals surface area contributed by atoms with Crippen molar-refractivity contribution in [3.8, 4) is 10.6 Å². The fourth-order valence-corrected chi connectivity index (χ4v) is 5.03. The lowest BCUT2D eigenvalue weighted by Crippen LogP contribution is -2.29. The number of amides is 1. The molecular formula is C23H30FN7OS. The zero-order valence-electron chi connectivity index (χ0n) is 19.1. The number of carbonyl (C=O) groups excluding carboxylic acids is 1. The van der Waals surface area contributed by atoms with Crippen molar-refractivity contribution in [1.82, 2.24) is 14.8 Å². The van der Waals surface area contributed by atoms with Crippen LogP contribution < -0.4 is 21.7 Å². The number of carbonyl (C=O) groups is 1. The van der Waals surface area contributed by atoms with Crippen molar-refractivity contribution >= 4 is 33.8 Å². The Kier molecular flexibility index (Phi) is 6.66. The first-order chi connectivity index (χ1) is 15.8. The van der Waals surface area contributed by atoms with Gasteiger partial charge < -0.3 is 21.7 Å². The fraction of sp³-hybridized carbons (Fsp3) is 0.435. The molecule has 176 valence electrons. The van der Waals surface area contributed by atoms with Crippen LogP contribution in [-0.4, -0.2) is 39.8 Å². The van der Waals surface area contributed by atoms with Crippen LogP contribution >= 0.6 is 11.3 Å². The summed E-state index contributed by atoms with van der Waals surface area (Å²) < 4.78 is 16.8. The molecule has 1 unspecified atom stereocenters. The normalized spacial score (nSPS) is 16.8. The van der Waals surface area contributed by atoms with Crippen LogP contribution in [-0.2, 0) is 7.05 Å². The molecule has 0 aliphatic carbocycles.